The molecule has 0 aliphatic rings. The van der Waals surface area contributed by atoms with Crippen molar-refractivity contribution in [3.05, 3.63) is 242 Å². The Bertz CT molecular complexity index is 4160. The lowest BCUT2D eigenvalue weighted by Crippen LogP contribution is -2.08. The summed E-state index contributed by atoms with van der Waals surface area (Å²) in [6.07, 6.45) is -4.64. The van der Waals surface area contributed by atoms with Gasteiger partial charge in [0.25, 0.3) is 0 Å². The molecule has 14 rings (SSSR count). The summed E-state index contributed by atoms with van der Waals surface area (Å²) in [5.41, 5.74) is 10.3. The number of fused-ring (bicyclic) bond motifs is 9. The van der Waals surface area contributed by atoms with E-state index < -0.39 is 11.7 Å². The van der Waals surface area contributed by atoms with E-state index in [0.717, 1.165) is 94.0 Å². The summed E-state index contributed by atoms with van der Waals surface area (Å²) in [7, 11) is 0. The molecule has 0 bridgehead atoms. The molecule has 0 unspecified atom stereocenters. The highest BCUT2D eigenvalue weighted by Crippen LogP contribution is 2.44. The van der Waals surface area contributed by atoms with Crippen LogP contribution in [0.5, 0.6) is 0 Å². The number of alkyl halides is 3. The fourth-order valence-electron chi connectivity index (χ4n) is 10.9. The molecule has 0 saturated heterocycles. The summed E-state index contributed by atoms with van der Waals surface area (Å²) >= 11 is 0. The standard InChI is InChI=1S/C64H39F3N6/c65-64(66,67)54-26-12-7-21-46(54)45-34-31-42(37-53(45)63-69-61(40-17-3-1-4-18-40)68-62(70-63)41-19-5-2-6-20-41)73-59-38-43(71-55-27-13-8-22-47(55)48-23-9-14-28-56(48)71)32-35-51(59)52-36-33-44(39-60(52)73)72-57-29-15-10-24-49(57)50-25-11-16-30-58(50)72/h1-39H. The van der Waals surface area contributed by atoms with Crippen LogP contribution < -0.4 is 0 Å². The van der Waals surface area contributed by atoms with Gasteiger partial charge in [0.15, 0.2) is 17.5 Å². The molecule has 0 amide bonds. The average Bonchev–Trinajstić information content (AvgIpc) is 4.08. The first kappa shape index (κ1) is 42.3. The van der Waals surface area contributed by atoms with Crippen LogP contribution in [0.25, 0.3) is 128 Å². The van der Waals surface area contributed by atoms with Gasteiger partial charge in [-0.2, -0.15) is 13.2 Å². The fourth-order valence-corrected chi connectivity index (χ4v) is 10.9. The molecule has 346 valence electrons. The van der Waals surface area contributed by atoms with Crippen molar-refractivity contribution in [3.8, 4) is 62.4 Å². The lowest BCUT2D eigenvalue weighted by Gasteiger charge is -2.18. The summed E-state index contributed by atoms with van der Waals surface area (Å²) in [5, 5.41) is 6.62. The lowest BCUT2D eigenvalue weighted by molar-refractivity contribution is -0.137. The van der Waals surface area contributed by atoms with E-state index in [4.69, 9.17) is 15.0 Å². The molecule has 73 heavy (non-hydrogen) atoms. The molecule has 0 atom stereocenters. The highest BCUT2D eigenvalue weighted by molar-refractivity contribution is 6.14. The monoisotopic (exact) mass is 948 g/mol. The molecule has 0 saturated carbocycles. The smallest absolute Gasteiger partial charge is 0.309 e. The van der Waals surface area contributed by atoms with Gasteiger partial charge in [-0.25, -0.2) is 15.0 Å². The van der Waals surface area contributed by atoms with Crippen LogP contribution in [-0.2, 0) is 6.18 Å². The van der Waals surface area contributed by atoms with Crippen LogP contribution in [0.2, 0.25) is 0 Å². The Kier molecular flexibility index (Phi) is 9.56. The van der Waals surface area contributed by atoms with Gasteiger partial charge < -0.3 is 13.7 Å². The fraction of sp³-hybridized carbons (Fsp3) is 0.0156. The van der Waals surface area contributed by atoms with E-state index in [9.17, 15) is 0 Å². The molecule has 4 heterocycles. The van der Waals surface area contributed by atoms with Gasteiger partial charge in [-0.05, 0) is 77.9 Å². The topological polar surface area (TPSA) is 53.5 Å². The van der Waals surface area contributed by atoms with Gasteiger partial charge in [0.05, 0.1) is 38.7 Å². The first-order valence-corrected chi connectivity index (χ1v) is 24.1. The Morgan fingerprint density at radius 1 is 0.274 bits per heavy atom. The molecule has 0 fully saturated rings. The van der Waals surface area contributed by atoms with Crippen molar-refractivity contribution in [1.29, 1.82) is 0 Å². The third-order valence-corrected chi connectivity index (χ3v) is 14.1. The van der Waals surface area contributed by atoms with Gasteiger partial charge in [0.1, 0.15) is 0 Å². The minimum atomic E-state index is -4.64. The summed E-state index contributed by atoms with van der Waals surface area (Å²) in [5.74, 6) is 1.03. The number of hydrogen-bond donors (Lipinski definition) is 0. The number of nitrogens with zero attached hydrogens (tertiary/aromatic N) is 6. The minimum absolute atomic E-state index is 0.0176. The molecule has 0 spiro atoms. The van der Waals surface area contributed by atoms with E-state index in [1.807, 2.05) is 72.8 Å². The zero-order valence-corrected chi connectivity index (χ0v) is 38.8. The normalized spacial score (nSPS) is 12.0. The number of halogens is 3. The quantitative estimate of drug-likeness (QED) is 0.160. The Hall–Kier alpha value is -9.60. The SMILES string of the molecule is FC(F)(F)c1ccccc1-c1ccc(-n2c3cc(-n4c5ccccc5c5ccccc54)ccc3c3ccc(-n4c5ccccc5c5ccccc54)cc32)cc1-c1nc(-c2ccccc2)nc(-c2ccccc2)n1. The molecular weight excluding hydrogens is 910 g/mol. The van der Waals surface area contributed by atoms with Crippen LogP contribution in [0.3, 0.4) is 0 Å². The Morgan fingerprint density at radius 3 is 1.10 bits per heavy atom. The second-order valence-electron chi connectivity index (χ2n) is 18.3. The van der Waals surface area contributed by atoms with Crippen LogP contribution in [0.15, 0.2) is 237 Å². The zero-order chi connectivity index (χ0) is 48.8. The van der Waals surface area contributed by atoms with Crippen LogP contribution in [0.4, 0.5) is 13.2 Å². The van der Waals surface area contributed by atoms with E-state index in [1.54, 1.807) is 12.1 Å². The first-order valence-electron chi connectivity index (χ1n) is 24.1. The van der Waals surface area contributed by atoms with E-state index in [2.05, 4.69) is 147 Å². The van der Waals surface area contributed by atoms with Crippen molar-refractivity contribution in [2.45, 2.75) is 6.18 Å². The minimum Gasteiger partial charge on any atom is -0.309 e. The van der Waals surface area contributed by atoms with Gasteiger partial charge in [-0.15, -0.1) is 0 Å². The summed E-state index contributed by atoms with van der Waals surface area (Å²) in [6.45, 7) is 0. The highest BCUT2D eigenvalue weighted by atomic mass is 19.4. The van der Waals surface area contributed by atoms with Crippen LogP contribution >= 0.6 is 0 Å². The summed E-state index contributed by atoms with van der Waals surface area (Å²) < 4.78 is 52.3. The third kappa shape index (κ3) is 6.84. The molecule has 0 radical (unpaired) electrons. The van der Waals surface area contributed by atoms with E-state index in [0.29, 0.717) is 28.5 Å². The number of benzene rings is 10. The molecular formula is C64H39F3N6. The highest BCUT2D eigenvalue weighted by Gasteiger charge is 2.34. The number of rotatable bonds is 7. The maximum absolute atomic E-state index is 15.1. The van der Waals surface area contributed by atoms with Crippen molar-refractivity contribution in [2.75, 3.05) is 0 Å². The number of para-hydroxylation sites is 4. The largest absolute Gasteiger partial charge is 0.417 e. The van der Waals surface area contributed by atoms with Gasteiger partial charge in [0.2, 0.25) is 0 Å². The predicted octanol–water partition coefficient (Wildman–Crippen LogP) is 16.8. The van der Waals surface area contributed by atoms with Crippen LogP contribution in [0.1, 0.15) is 5.56 Å². The molecule has 0 aliphatic heterocycles. The molecule has 0 aliphatic carbocycles. The first-order chi connectivity index (χ1) is 35.9. The third-order valence-electron chi connectivity index (χ3n) is 14.1. The molecule has 0 N–H and O–H groups in total. The maximum atomic E-state index is 15.1. The van der Waals surface area contributed by atoms with E-state index in [-0.39, 0.29) is 11.4 Å². The van der Waals surface area contributed by atoms with Gasteiger partial charge in [0, 0.05) is 66.1 Å². The second-order valence-corrected chi connectivity index (χ2v) is 18.3. The molecule has 4 aromatic heterocycles. The van der Waals surface area contributed by atoms with E-state index >= 15 is 13.2 Å². The molecule has 6 nitrogen and oxygen atoms in total. The zero-order valence-electron chi connectivity index (χ0n) is 38.8. The van der Waals surface area contributed by atoms with Gasteiger partial charge >= 0.3 is 6.18 Å². The van der Waals surface area contributed by atoms with Crippen molar-refractivity contribution < 1.29 is 13.2 Å². The van der Waals surface area contributed by atoms with Crippen LogP contribution in [-0.4, -0.2) is 28.7 Å². The van der Waals surface area contributed by atoms with E-state index in [1.165, 1.54) is 12.1 Å². The van der Waals surface area contributed by atoms with Crippen molar-refractivity contribution >= 4 is 65.4 Å². The Morgan fingerprint density at radius 2 is 0.630 bits per heavy atom. The maximum Gasteiger partial charge on any atom is 0.417 e. The number of aromatic nitrogens is 6. The lowest BCUT2D eigenvalue weighted by atomic mass is 9.94. The second kappa shape index (κ2) is 16.5. The molecule has 10 aromatic carbocycles. The van der Waals surface area contributed by atoms with Crippen molar-refractivity contribution in [1.82, 2.24) is 28.7 Å². The summed E-state index contributed by atoms with van der Waals surface area (Å²) in [4.78, 5) is 15.2. The van der Waals surface area contributed by atoms with Gasteiger partial charge in [-0.3, -0.25) is 0 Å². The Labute approximate surface area is 416 Å². The van der Waals surface area contributed by atoms with Crippen molar-refractivity contribution in [2.24, 2.45) is 0 Å². The predicted molar refractivity (Wildman–Crippen MR) is 290 cm³/mol. The van der Waals surface area contributed by atoms with Crippen molar-refractivity contribution in [3.63, 3.8) is 0 Å². The molecule has 14 aromatic rings. The molecule has 9 heteroatoms. The average molecular weight is 949 g/mol. The Balaban J connectivity index is 1.09. The van der Waals surface area contributed by atoms with Crippen LogP contribution in [0, 0.1) is 0 Å². The van der Waals surface area contributed by atoms with Gasteiger partial charge in [-0.1, -0.05) is 170 Å². The summed E-state index contributed by atoms with van der Waals surface area (Å²) in [6, 6.07) is 77.5. The number of hydrogen-bond acceptors (Lipinski definition) is 3.